The topological polar surface area (TPSA) is 49.8 Å². The average Bonchev–Trinajstić information content (AvgIpc) is 2.60. The van der Waals surface area contributed by atoms with Crippen LogP contribution in [0.2, 0.25) is 0 Å². The number of carbonyl (C=O) groups excluding carboxylic acids is 1. The molecule has 0 radical (unpaired) electrons. The molecule has 1 fully saturated rings. The van der Waals surface area contributed by atoms with E-state index in [1.54, 1.807) is 18.9 Å². The summed E-state index contributed by atoms with van der Waals surface area (Å²) < 4.78 is 5.88. The van der Waals surface area contributed by atoms with E-state index < -0.39 is 11.2 Å². The van der Waals surface area contributed by atoms with Gasteiger partial charge in [0.05, 0.1) is 6.61 Å². The molecule has 2 aromatic carbocycles. The molecular weight excluding hydrogens is 290 g/mol. The highest BCUT2D eigenvalue weighted by molar-refractivity contribution is 5.88. The largest absolute Gasteiger partial charge is 0.377 e. The normalized spacial score (nSPS) is 22.2. The molecule has 4 nitrogen and oxygen atoms in total. The average molecular weight is 311 g/mol. The van der Waals surface area contributed by atoms with E-state index in [0.717, 1.165) is 0 Å². The Hall–Kier alpha value is -2.17. The number of morpholine rings is 1. The lowest BCUT2D eigenvalue weighted by Crippen LogP contribution is -2.64. The third-order valence-electron chi connectivity index (χ3n) is 4.65. The van der Waals surface area contributed by atoms with E-state index >= 15 is 0 Å². The molecule has 0 aromatic heterocycles. The van der Waals surface area contributed by atoms with E-state index in [2.05, 4.69) is 0 Å². The lowest BCUT2D eigenvalue weighted by Gasteiger charge is -2.48. The summed E-state index contributed by atoms with van der Waals surface area (Å²) in [6, 6.07) is 18.5. The molecular formula is C19H21NO3. The number of likely N-dealkylation sites (N-methyl/N-ethyl adjacent to an activating group) is 1. The molecule has 4 heteroatoms. The fourth-order valence-corrected chi connectivity index (χ4v) is 3.25. The molecule has 2 aromatic rings. The van der Waals surface area contributed by atoms with E-state index in [9.17, 15) is 9.90 Å². The lowest BCUT2D eigenvalue weighted by atomic mass is 9.72. The van der Waals surface area contributed by atoms with Crippen molar-refractivity contribution in [3.8, 4) is 0 Å². The fraction of sp³-hybridized carbons (Fsp3) is 0.316. The Kier molecular flexibility index (Phi) is 3.96. The molecule has 1 unspecified atom stereocenters. The van der Waals surface area contributed by atoms with E-state index in [0.29, 0.717) is 24.3 Å². The van der Waals surface area contributed by atoms with E-state index in [4.69, 9.17) is 4.74 Å². The Labute approximate surface area is 136 Å². The van der Waals surface area contributed by atoms with Gasteiger partial charge in [-0.3, -0.25) is 4.79 Å². The van der Waals surface area contributed by atoms with Gasteiger partial charge in [0.25, 0.3) is 5.91 Å². The molecule has 1 amide bonds. The van der Waals surface area contributed by atoms with Crippen LogP contribution in [0.5, 0.6) is 0 Å². The first kappa shape index (κ1) is 15.7. The zero-order chi connectivity index (χ0) is 16.5. The number of nitrogens with zero attached hydrogens (tertiary/aromatic N) is 1. The highest BCUT2D eigenvalue weighted by Crippen LogP contribution is 2.43. The molecule has 1 aliphatic heterocycles. The van der Waals surface area contributed by atoms with Crippen LogP contribution < -0.4 is 0 Å². The maximum Gasteiger partial charge on any atom is 0.258 e. The molecule has 1 N–H and O–H groups in total. The molecule has 0 spiro atoms. The van der Waals surface area contributed by atoms with Gasteiger partial charge in [-0.05, 0) is 18.1 Å². The number of hydrogen-bond donors (Lipinski definition) is 1. The van der Waals surface area contributed by atoms with Crippen molar-refractivity contribution in [3.05, 3.63) is 71.8 Å². The number of rotatable bonds is 3. The van der Waals surface area contributed by atoms with Gasteiger partial charge in [-0.15, -0.1) is 0 Å². The molecule has 3 rings (SSSR count). The van der Waals surface area contributed by atoms with Crippen LogP contribution in [-0.2, 0) is 15.1 Å². The number of aliphatic hydroxyl groups is 1. The minimum absolute atomic E-state index is 0.223. The maximum atomic E-state index is 12.9. The quantitative estimate of drug-likeness (QED) is 0.945. The van der Waals surface area contributed by atoms with Crippen molar-refractivity contribution in [2.45, 2.75) is 18.1 Å². The van der Waals surface area contributed by atoms with E-state index in [1.807, 2.05) is 60.7 Å². The van der Waals surface area contributed by atoms with Crippen molar-refractivity contribution in [3.63, 3.8) is 0 Å². The van der Waals surface area contributed by atoms with Gasteiger partial charge in [0, 0.05) is 13.6 Å². The summed E-state index contributed by atoms with van der Waals surface area (Å²) in [4.78, 5) is 14.5. The van der Waals surface area contributed by atoms with Crippen LogP contribution in [0.4, 0.5) is 0 Å². The summed E-state index contributed by atoms with van der Waals surface area (Å²) in [6.07, 6.45) is 0. The zero-order valence-corrected chi connectivity index (χ0v) is 13.4. The van der Waals surface area contributed by atoms with Crippen molar-refractivity contribution < 1.29 is 14.6 Å². The minimum atomic E-state index is -1.57. The monoisotopic (exact) mass is 311 g/mol. The summed E-state index contributed by atoms with van der Waals surface area (Å²) in [5.74, 6) is -0.223. The Morgan fingerprint density at radius 3 is 2.00 bits per heavy atom. The summed E-state index contributed by atoms with van der Waals surface area (Å²) >= 11 is 0. The molecule has 120 valence electrons. The van der Waals surface area contributed by atoms with Crippen LogP contribution in [0.3, 0.4) is 0 Å². The van der Waals surface area contributed by atoms with E-state index in [1.165, 1.54) is 0 Å². The number of ether oxygens (including phenoxy) is 1. The highest BCUT2D eigenvalue weighted by atomic mass is 16.5. The van der Waals surface area contributed by atoms with E-state index in [-0.39, 0.29) is 5.91 Å². The first-order valence-electron chi connectivity index (χ1n) is 7.73. The molecule has 1 heterocycles. The number of hydrogen-bond acceptors (Lipinski definition) is 3. The Morgan fingerprint density at radius 2 is 1.52 bits per heavy atom. The van der Waals surface area contributed by atoms with Gasteiger partial charge in [0.2, 0.25) is 0 Å². The van der Waals surface area contributed by atoms with Gasteiger partial charge < -0.3 is 14.7 Å². The van der Waals surface area contributed by atoms with Gasteiger partial charge >= 0.3 is 0 Å². The summed E-state index contributed by atoms with van der Waals surface area (Å²) in [5, 5.41) is 11.8. The molecule has 0 saturated carbocycles. The summed E-state index contributed by atoms with van der Waals surface area (Å²) in [6.45, 7) is 2.58. The number of benzene rings is 2. The molecule has 1 aliphatic rings. The second kappa shape index (κ2) is 5.80. The molecule has 1 atom stereocenters. The molecule has 1 saturated heterocycles. The highest BCUT2D eigenvalue weighted by Gasteiger charge is 2.58. The number of amides is 1. The molecule has 0 aliphatic carbocycles. The van der Waals surface area contributed by atoms with Crippen molar-refractivity contribution in [2.75, 3.05) is 20.2 Å². The predicted molar refractivity (Wildman–Crippen MR) is 87.9 cm³/mol. The summed E-state index contributed by atoms with van der Waals surface area (Å²) in [5.41, 5.74) is -1.68. The zero-order valence-electron chi connectivity index (χ0n) is 13.4. The van der Waals surface area contributed by atoms with Crippen LogP contribution >= 0.6 is 0 Å². The Bertz CT molecular complexity index is 647. The second-order valence-corrected chi connectivity index (χ2v) is 6.05. The Balaban J connectivity index is 2.23. The van der Waals surface area contributed by atoms with Crippen molar-refractivity contribution in [1.29, 1.82) is 0 Å². The fourth-order valence-electron chi connectivity index (χ4n) is 3.25. The third-order valence-corrected chi connectivity index (χ3v) is 4.65. The van der Waals surface area contributed by atoms with Gasteiger partial charge in [0.1, 0.15) is 0 Å². The van der Waals surface area contributed by atoms with Crippen molar-refractivity contribution in [1.82, 2.24) is 4.90 Å². The van der Waals surface area contributed by atoms with Crippen molar-refractivity contribution >= 4 is 5.91 Å². The number of carbonyl (C=O) groups is 1. The first-order valence-corrected chi connectivity index (χ1v) is 7.73. The van der Waals surface area contributed by atoms with Crippen LogP contribution in [0.25, 0.3) is 0 Å². The van der Waals surface area contributed by atoms with Gasteiger partial charge in [-0.2, -0.15) is 0 Å². The van der Waals surface area contributed by atoms with Crippen LogP contribution in [-0.4, -0.2) is 41.7 Å². The molecule has 23 heavy (non-hydrogen) atoms. The predicted octanol–water partition coefficient (Wildman–Crippen LogP) is 2.17. The summed E-state index contributed by atoms with van der Waals surface area (Å²) in [7, 11) is 1.74. The lowest BCUT2D eigenvalue weighted by molar-refractivity contribution is -0.203. The first-order chi connectivity index (χ1) is 11.0. The smallest absolute Gasteiger partial charge is 0.258 e. The second-order valence-electron chi connectivity index (χ2n) is 6.05. The van der Waals surface area contributed by atoms with Gasteiger partial charge in [-0.25, -0.2) is 0 Å². The van der Waals surface area contributed by atoms with Crippen LogP contribution in [0.15, 0.2) is 60.7 Å². The minimum Gasteiger partial charge on any atom is -0.377 e. The SMILES string of the molecule is CN1CCOC(C)(C(O)(c2ccccc2)c2ccccc2)C1=O. The maximum absolute atomic E-state index is 12.9. The van der Waals surface area contributed by atoms with Crippen LogP contribution in [0, 0.1) is 0 Å². The standard InChI is InChI=1S/C19H21NO3/c1-18(17(21)20(2)13-14-23-18)19(22,15-9-5-3-6-10-15)16-11-7-4-8-12-16/h3-12,22H,13-14H2,1-2H3. The van der Waals surface area contributed by atoms with Crippen molar-refractivity contribution in [2.24, 2.45) is 0 Å². The van der Waals surface area contributed by atoms with Crippen LogP contribution in [0.1, 0.15) is 18.1 Å². The third kappa shape index (κ3) is 2.35. The van der Waals surface area contributed by atoms with Gasteiger partial charge in [-0.1, -0.05) is 60.7 Å². The Morgan fingerprint density at radius 1 is 1.04 bits per heavy atom. The molecule has 0 bridgehead atoms. The van der Waals surface area contributed by atoms with Gasteiger partial charge in [0.15, 0.2) is 11.2 Å².